The summed E-state index contributed by atoms with van der Waals surface area (Å²) in [6.45, 7) is 0. The predicted molar refractivity (Wildman–Crippen MR) is 47.4 cm³/mol. The van der Waals surface area contributed by atoms with Crippen molar-refractivity contribution in [2.45, 2.75) is 18.0 Å². The zero-order valence-electron chi connectivity index (χ0n) is 8.40. The van der Waals surface area contributed by atoms with Crippen LogP contribution in [0.4, 0.5) is 36.4 Å². The van der Waals surface area contributed by atoms with Crippen LogP contribution in [0.3, 0.4) is 0 Å². The van der Waals surface area contributed by atoms with Gasteiger partial charge in [0.15, 0.2) is 0 Å². The van der Waals surface area contributed by atoms with E-state index in [-0.39, 0.29) is 12.1 Å². The summed E-state index contributed by atoms with van der Waals surface area (Å²) in [4.78, 5) is 0. The number of phenolic OH excluding ortho intramolecular Hbond substituents is 1. The molecule has 0 saturated heterocycles. The third-order valence-electron chi connectivity index (χ3n) is 2.14. The molecule has 0 unspecified atom stereocenters. The van der Waals surface area contributed by atoms with Gasteiger partial charge in [-0.2, -0.15) is 30.7 Å². The van der Waals surface area contributed by atoms with Crippen molar-refractivity contribution in [3.63, 3.8) is 0 Å². The van der Waals surface area contributed by atoms with Crippen LogP contribution < -0.4 is 5.73 Å². The summed E-state index contributed by atoms with van der Waals surface area (Å²) in [6, 6.07) is 0.908. The molecule has 102 valence electrons. The molecule has 1 aromatic carbocycles. The van der Waals surface area contributed by atoms with Gasteiger partial charge in [0.1, 0.15) is 5.75 Å². The highest BCUT2D eigenvalue weighted by Gasteiger charge is 2.73. The van der Waals surface area contributed by atoms with Crippen LogP contribution in [0.5, 0.6) is 5.75 Å². The van der Waals surface area contributed by atoms with Crippen LogP contribution >= 0.6 is 0 Å². The fourth-order valence-electron chi connectivity index (χ4n) is 1.11. The lowest BCUT2D eigenvalue weighted by Gasteiger charge is -2.28. The number of alkyl halides is 7. The lowest BCUT2D eigenvalue weighted by molar-refractivity contribution is -0.359. The Morgan fingerprint density at radius 1 is 0.944 bits per heavy atom. The number of aromatic hydroxyl groups is 1. The first kappa shape index (κ1) is 14.4. The number of phenols is 1. The van der Waals surface area contributed by atoms with E-state index in [1.165, 1.54) is 0 Å². The maximum absolute atomic E-state index is 13.1. The van der Waals surface area contributed by atoms with E-state index in [9.17, 15) is 30.7 Å². The summed E-state index contributed by atoms with van der Waals surface area (Å²) < 4.78 is 87.2. The summed E-state index contributed by atoms with van der Waals surface area (Å²) in [7, 11) is 0. The summed E-state index contributed by atoms with van der Waals surface area (Å²) >= 11 is 0. The summed E-state index contributed by atoms with van der Waals surface area (Å²) in [5.41, 5.74) is 2.59. The number of hydrogen-bond donors (Lipinski definition) is 2. The van der Waals surface area contributed by atoms with Gasteiger partial charge >= 0.3 is 18.0 Å². The van der Waals surface area contributed by atoms with Crippen molar-refractivity contribution in [2.75, 3.05) is 5.73 Å². The van der Waals surface area contributed by atoms with Gasteiger partial charge in [-0.15, -0.1) is 0 Å². The molecule has 0 saturated carbocycles. The van der Waals surface area contributed by atoms with Crippen LogP contribution in [0.15, 0.2) is 18.2 Å². The molecular formula is C9H6F7NO. The summed E-state index contributed by atoms with van der Waals surface area (Å²) in [5, 5.41) is 8.89. The SMILES string of the molecule is Nc1cc(C(F)(F)C(F)(F)C(F)(F)F)ccc1O. The number of benzene rings is 1. The quantitative estimate of drug-likeness (QED) is 0.495. The molecule has 1 rings (SSSR count). The molecule has 0 aliphatic heterocycles. The number of hydrogen-bond acceptors (Lipinski definition) is 2. The second-order valence-electron chi connectivity index (χ2n) is 3.42. The molecule has 2 nitrogen and oxygen atoms in total. The molecule has 0 aromatic heterocycles. The summed E-state index contributed by atoms with van der Waals surface area (Å²) in [5.74, 6) is -12.4. The Hall–Kier alpha value is -1.67. The zero-order chi connectivity index (χ0) is 14.4. The number of halogens is 7. The predicted octanol–water partition coefficient (Wildman–Crippen LogP) is 3.26. The van der Waals surface area contributed by atoms with E-state index in [0.717, 1.165) is 0 Å². The second kappa shape index (κ2) is 3.92. The van der Waals surface area contributed by atoms with Crippen molar-refractivity contribution in [2.24, 2.45) is 0 Å². The number of nitrogens with two attached hydrogens (primary N) is 1. The minimum Gasteiger partial charge on any atom is -0.506 e. The van der Waals surface area contributed by atoms with Gasteiger partial charge in [-0.3, -0.25) is 0 Å². The lowest BCUT2D eigenvalue weighted by atomic mass is 10.0. The van der Waals surface area contributed by atoms with Crippen molar-refractivity contribution in [3.05, 3.63) is 23.8 Å². The average molecular weight is 277 g/mol. The normalized spacial score (nSPS) is 13.7. The van der Waals surface area contributed by atoms with E-state index in [2.05, 4.69) is 0 Å². The number of anilines is 1. The van der Waals surface area contributed by atoms with Crippen molar-refractivity contribution < 1.29 is 35.8 Å². The molecule has 0 heterocycles. The van der Waals surface area contributed by atoms with Gasteiger partial charge in [0.05, 0.1) is 5.69 Å². The first-order valence-corrected chi connectivity index (χ1v) is 4.32. The third kappa shape index (κ3) is 2.04. The molecule has 0 spiro atoms. The fourth-order valence-corrected chi connectivity index (χ4v) is 1.11. The van der Waals surface area contributed by atoms with E-state index in [1.807, 2.05) is 0 Å². The van der Waals surface area contributed by atoms with E-state index in [0.29, 0.717) is 6.07 Å². The van der Waals surface area contributed by atoms with Gasteiger partial charge in [0, 0.05) is 5.56 Å². The largest absolute Gasteiger partial charge is 0.506 e. The van der Waals surface area contributed by atoms with E-state index < -0.39 is 35.0 Å². The van der Waals surface area contributed by atoms with Crippen molar-refractivity contribution in [1.29, 1.82) is 0 Å². The van der Waals surface area contributed by atoms with Crippen LogP contribution in [0, 0.1) is 0 Å². The van der Waals surface area contributed by atoms with Crippen LogP contribution in [0.25, 0.3) is 0 Å². The van der Waals surface area contributed by atoms with Gasteiger partial charge in [-0.1, -0.05) is 0 Å². The van der Waals surface area contributed by atoms with Gasteiger partial charge in [0.2, 0.25) is 0 Å². The van der Waals surface area contributed by atoms with Crippen molar-refractivity contribution in [3.8, 4) is 5.75 Å². The molecule has 0 radical (unpaired) electrons. The molecule has 0 atom stereocenters. The molecular weight excluding hydrogens is 271 g/mol. The summed E-state index contributed by atoms with van der Waals surface area (Å²) in [6.07, 6.45) is -6.41. The second-order valence-corrected chi connectivity index (χ2v) is 3.42. The standard InChI is InChI=1S/C9H6F7NO/c10-7(11,8(12,13)9(14,15)16)4-1-2-6(18)5(17)3-4/h1-3,18H,17H2. The van der Waals surface area contributed by atoms with Gasteiger partial charge in [0.25, 0.3) is 0 Å². The lowest BCUT2D eigenvalue weighted by Crippen LogP contribution is -2.50. The van der Waals surface area contributed by atoms with E-state index >= 15 is 0 Å². The van der Waals surface area contributed by atoms with Gasteiger partial charge < -0.3 is 10.8 Å². The Morgan fingerprint density at radius 3 is 1.83 bits per heavy atom. The maximum atomic E-state index is 13.1. The Labute approximate surface area is 95.8 Å². The molecule has 3 N–H and O–H groups in total. The number of rotatable bonds is 2. The molecule has 0 aliphatic carbocycles. The van der Waals surface area contributed by atoms with E-state index in [1.54, 1.807) is 0 Å². The maximum Gasteiger partial charge on any atom is 0.460 e. The Morgan fingerprint density at radius 2 is 1.44 bits per heavy atom. The van der Waals surface area contributed by atoms with Gasteiger partial charge in [-0.05, 0) is 18.2 Å². The van der Waals surface area contributed by atoms with Crippen molar-refractivity contribution >= 4 is 5.69 Å². The smallest absolute Gasteiger partial charge is 0.460 e. The third-order valence-corrected chi connectivity index (χ3v) is 2.14. The Balaban J connectivity index is 3.33. The van der Waals surface area contributed by atoms with Crippen LogP contribution in [-0.4, -0.2) is 17.2 Å². The Kier molecular flexibility index (Phi) is 3.14. The molecule has 0 fully saturated rings. The van der Waals surface area contributed by atoms with Gasteiger partial charge in [-0.25, -0.2) is 0 Å². The van der Waals surface area contributed by atoms with E-state index in [4.69, 9.17) is 10.8 Å². The molecule has 1 aromatic rings. The molecule has 0 amide bonds. The van der Waals surface area contributed by atoms with Crippen LogP contribution in [0.2, 0.25) is 0 Å². The van der Waals surface area contributed by atoms with Crippen LogP contribution in [0.1, 0.15) is 5.56 Å². The van der Waals surface area contributed by atoms with Crippen molar-refractivity contribution in [1.82, 2.24) is 0 Å². The fraction of sp³-hybridized carbons (Fsp3) is 0.333. The van der Waals surface area contributed by atoms with Crippen LogP contribution in [-0.2, 0) is 5.92 Å². The topological polar surface area (TPSA) is 46.2 Å². The molecule has 0 aliphatic rings. The monoisotopic (exact) mass is 277 g/mol. The highest BCUT2D eigenvalue weighted by Crippen LogP contribution is 2.52. The first-order valence-electron chi connectivity index (χ1n) is 4.32. The number of nitrogen functional groups attached to an aromatic ring is 1. The zero-order valence-corrected chi connectivity index (χ0v) is 8.40. The first-order chi connectivity index (χ1) is 7.91. The highest BCUT2D eigenvalue weighted by molar-refractivity contribution is 5.54. The minimum absolute atomic E-state index is 0.162. The molecule has 9 heteroatoms. The molecule has 18 heavy (non-hydrogen) atoms. The average Bonchev–Trinajstić information content (AvgIpc) is 2.20. The minimum atomic E-state index is -6.41. The molecule has 0 bridgehead atoms. The Bertz CT molecular complexity index is 455. The highest BCUT2D eigenvalue weighted by atomic mass is 19.4.